The normalized spacial score (nSPS) is 15.3. The van der Waals surface area contributed by atoms with Gasteiger partial charge in [-0.1, -0.05) is 0 Å². The van der Waals surface area contributed by atoms with Gasteiger partial charge in [0.15, 0.2) is 8.32 Å². The zero-order valence-corrected chi connectivity index (χ0v) is 8.60. The molecule has 0 fully saturated rings. The third-order valence-corrected chi connectivity index (χ3v) is 2.07. The van der Waals surface area contributed by atoms with Crippen molar-refractivity contribution in [1.82, 2.24) is 0 Å². The summed E-state index contributed by atoms with van der Waals surface area (Å²) in [5, 5.41) is 0. The molecule has 3 heteroatoms. The SMILES string of the molecule is COC[C@@H](C)O[Si](C)(C)C. The van der Waals surface area contributed by atoms with Crippen molar-refractivity contribution < 1.29 is 9.16 Å². The summed E-state index contributed by atoms with van der Waals surface area (Å²) in [5.74, 6) is 0. The molecule has 10 heavy (non-hydrogen) atoms. The molecule has 0 rings (SSSR count). The summed E-state index contributed by atoms with van der Waals surface area (Å²) in [6.45, 7) is 9.28. The summed E-state index contributed by atoms with van der Waals surface area (Å²) in [7, 11) is 0.361. The Labute approximate surface area is 64.7 Å². The average Bonchev–Trinajstić information content (AvgIpc) is 1.59. The Hall–Kier alpha value is 0.137. The maximum Gasteiger partial charge on any atom is 0.184 e. The third-order valence-electron chi connectivity index (χ3n) is 0.956. The van der Waals surface area contributed by atoms with E-state index in [1.165, 1.54) is 0 Å². The molecule has 0 aliphatic rings. The number of hydrogen-bond acceptors (Lipinski definition) is 2. The van der Waals surface area contributed by atoms with Crippen LogP contribution in [0.5, 0.6) is 0 Å². The first-order chi connectivity index (χ1) is 4.45. The van der Waals surface area contributed by atoms with Crippen LogP contribution < -0.4 is 0 Å². The van der Waals surface area contributed by atoms with Gasteiger partial charge in [0.2, 0.25) is 0 Å². The van der Waals surface area contributed by atoms with Crippen molar-refractivity contribution in [2.75, 3.05) is 13.7 Å². The van der Waals surface area contributed by atoms with Crippen LogP contribution in [0.1, 0.15) is 6.92 Å². The fourth-order valence-corrected chi connectivity index (χ4v) is 2.15. The molecule has 0 aliphatic carbocycles. The molecule has 0 bridgehead atoms. The second kappa shape index (κ2) is 4.11. The Morgan fingerprint density at radius 3 is 2.10 bits per heavy atom. The van der Waals surface area contributed by atoms with Crippen molar-refractivity contribution in [3.05, 3.63) is 0 Å². The maximum atomic E-state index is 5.69. The predicted molar refractivity (Wildman–Crippen MR) is 45.8 cm³/mol. The first kappa shape index (κ1) is 10.1. The first-order valence-corrected chi connectivity index (χ1v) is 7.03. The molecule has 0 heterocycles. The summed E-state index contributed by atoms with van der Waals surface area (Å²) in [4.78, 5) is 0. The van der Waals surface area contributed by atoms with Crippen molar-refractivity contribution in [1.29, 1.82) is 0 Å². The minimum Gasteiger partial charge on any atom is -0.413 e. The Morgan fingerprint density at radius 2 is 1.80 bits per heavy atom. The van der Waals surface area contributed by atoms with Gasteiger partial charge in [-0.05, 0) is 26.6 Å². The Balaban J connectivity index is 3.47. The topological polar surface area (TPSA) is 18.5 Å². The molecular formula is C7H18O2Si. The zero-order valence-electron chi connectivity index (χ0n) is 7.60. The van der Waals surface area contributed by atoms with E-state index in [0.717, 1.165) is 0 Å². The van der Waals surface area contributed by atoms with Crippen molar-refractivity contribution in [3.63, 3.8) is 0 Å². The Kier molecular flexibility index (Phi) is 4.16. The van der Waals surface area contributed by atoms with Crippen LogP contribution in [0.25, 0.3) is 0 Å². The monoisotopic (exact) mass is 162 g/mol. The Bertz CT molecular complexity index is 88.1. The summed E-state index contributed by atoms with van der Waals surface area (Å²) in [6.07, 6.45) is 0.247. The smallest absolute Gasteiger partial charge is 0.184 e. The Morgan fingerprint density at radius 1 is 1.30 bits per heavy atom. The van der Waals surface area contributed by atoms with Crippen LogP contribution in [0.15, 0.2) is 0 Å². The van der Waals surface area contributed by atoms with Crippen molar-refractivity contribution in [2.24, 2.45) is 0 Å². The summed E-state index contributed by atoms with van der Waals surface area (Å²) in [6, 6.07) is 0. The molecule has 0 unspecified atom stereocenters. The van der Waals surface area contributed by atoms with Crippen LogP contribution in [0.3, 0.4) is 0 Å². The highest BCUT2D eigenvalue weighted by Gasteiger charge is 2.17. The fraction of sp³-hybridized carbons (Fsp3) is 1.00. The lowest BCUT2D eigenvalue weighted by Gasteiger charge is -2.22. The molecule has 0 aromatic rings. The number of ether oxygens (including phenoxy) is 1. The van der Waals surface area contributed by atoms with Crippen LogP contribution in [-0.4, -0.2) is 28.1 Å². The quantitative estimate of drug-likeness (QED) is 0.588. The van der Waals surface area contributed by atoms with Crippen LogP contribution in [0.2, 0.25) is 19.6 Å². The lowest BCUT2D eigenvalue weighted by molar-refractivity contribution is 0.0877. The molecule has 0 aromatic heterocycles. The van der Waals surface area contributed by atoms with Gasteiger partial charge in [0, 0.05) is 7.11 Å². The molecule has 1 atom stereocenters. The summed E-state index contributed by atoms with van der Waals surface area (Å²) >= 11 is 0. The van der Waals surface area contributed by atoms with E-state index in [2.05, 4.69) is 19.6 Å². The number of rotatable bonds is 4. The minimum absolute atomic E-state index is 0.247. The second-order valence-corrected chi connectivity index (χ2v) is 7.96. The highest BCUT2D eigenvalue weighted by atomic mass is 28.4. The van der Waals surface area contributed by atoms with Gasteiger partial charge in [-0.25, -0.2) is 0 Å². The van der Waals surface area contributed by atoms with Gasteiger partial charge < -0.3 is 9.16 Å². The minimum atomic E-state index is -1.34. The average molecular weight is 162 g/mol. The maximum absolute atomic E-state index is 5.69. The van der Waals surface area contributed by atoms with E-state index in [0.29, 0.717) is 6.61 Å². The lowest BCUT2D eigenvalue weighted by Crippen LogP contribution is -2.32. The van der Waals surface area contributed by atoms with E-state index in [4.69, 9.17) is 9.16 Å². The van der Waals surface area contributed by atoms with E-state index in [9.17, 15) is 0 Å². The summed E-state index contributed by atoms with van der Waals surface area (Å²) in [5.41, 5.74) is 0. The molecule has 0 radical (unpaired) electrons. The largest absolute Gasteiger partial charge is 0.413 e. The highest BCUT2D eigenvalue weighted by molar-refractivity contribution is 6.69. The molecule has 0 amide bonds. The van der Waals surface area contributed by atoms with E-state index >= 15 is 0 Å². The van der Waals surface area contributed by atoms with Gasteiger partial charge in [-0.3, -0.25) is 0 Å². The molecular weight excluding hydrogens is 144 g/mol. The van der Waals surface area contributed by atoms with E-state index in [1.807, 2.05) is 6.92 Å². The van der Waals surface area contributed by atoms with Crippen molar-refractivity contribution >= 4 is 8.32 Å². The molecule has 0 aromatic carbocycles. The second-order valence-electron chi connectivity index (χ2n) is 3.50. The molecule has 0 spiro atoms. The molecule has 2 nitrogen and oxygen atoms in total. The van der Waals surface area contributed by atoms with Crippen LogP contribution in [0.4, 0.5) is 0 Å². The highest BCUT2D eigenvalue weighted by Crippen LogP contribution is 2.06. The molecule has 62 valence electrons. The van der Waals surface area contributed by atoms with Gasteiger partial charge in [0.25, 0.3) is 0 Å². The van der Waals surface area contributed by atoms with E-state index < -0.39 is 8.32 Å². The van der Waals surface area contributed by atoms with Gasteiger partial charge in [0.05, 0.1) is 12.7 Å². The van der Waals surface area contributed by atoms with Crippen LogP contribution in [-0.2, 0) is 9.16 Å². The van der Waals surface area contributed by atoms with Gasteiger partial charge in [-0.15, -0.1) is 0 Å². The van der Waals surface area contributed by atoms with Crippen molar-refractivity contribution in [3.8, 4) is 0 Å². The van der Waals surface area contributed by atoms with Crippen LogP contribution in [0, 0.1) is 0 Å². The standard InChI is InChI=1S/C7H18O2Si/c1-7(6-8-2)9-10(3,4)5/h7H,6H2,1-5H3/t7-/m1/s1. The fourth-order valence-electron chi connectivity index (χ4n) is 0.872. The zero-order chi connectivity index (χ0) is 8.20. The van der Waals surface area contributed by atoms with Gasteiger partial charge in [0.1, 0.15) is 0 Å². The first-order valence-electron chi connectivity index (χ1n) is 3.62. The van der Waals surface area contributed by atoms with E-state index in [1.54, 1.807) is 7.11 Å². The molecule has 0 saturated carbocycles. The molecule has 0 N–H and O–H groups in total. The predicted octanol–water partition coefficient (Wildman–Crippen LogP) is 1.87. The van der Waals surface area contributed by atoms with Gasteiger partial charge >= 0.3 is 0 Å². The number of methoxy groups -OCH3 is 1. The van der Waals surface area contributed by atoms with Crippen molar-refractivity contribution in [2.45, 2.75) is 32.7 Å². The van der Waals surface area contributed by atoms with Gasteiger partial charge in [-0.2, -0.15) is 0 Å². The molecule has 0 saturated heterocycles. The number of hydrogen-bond donors (Lipinski definition) is 0. The third kappa shape index (κ3) is 6.26. The molecule has 0 aliphatic heterocycles. The summed E-state index contributed by atoms with van der Waals surface area (Å²) < 4.78 is 10.6. The van der Waals surface area contributed by atoms with E-state index in [-0.39, 0.29) is 6.10 Å². The van der Waals surface area contributed by atoms with Crippen LogP contribution >= 0.6 is 0 Å². The lowest BCUT2D eigenvalue weighted by atomic mass is 10.5.